The monoisotopic (exact) mass is 455 g/mol. The van der Waals surface area contributed by atoms with Gasteiger partial charge in [0.05, 0.1) is 0 Å². The number of benzene rings is 1. The largest absolute Gasteiger partial charge is 0.354 e. The van der Waals surface area contributed by atoms with Crippen LogP contribution in [-0.2, 0) is 6.42 Å². The van der Waals surface area contributed by atoms with Crippen molar-refractivity contribution in [1.29, 1.82) is 0 Å². The maximum atomic E-state index is 12.9. The number of halogens is 1. The van der Waals surface area contributed by atoms with Crippen molar-refractivity contribution >= 4 is 23.4 Å². The Morgan fingerprint density at radius 2 is 1.75 bits per heavy atom. The zero-order valence-corrected chi connectivity index (χ0v) is 20.0. The fourth-order valence-electron chi connectivity index (χ4n) is 4.84. The molecule has 1 aliphatic carbocycles. The number of rotatable bonds is 4. The van der Waals surface area contributed by atoms with Crippen molar-refractivity contribution in [2.24, 2.45) is 0 Å². The van der Waals surface area contributed by atoms with E-state index in [1.807, 2.05) is 24.0 Å². The van der Waals surface area contributed by atoms with Crippen molar-refractivity contribution < 1.29 is 4.79 Å². The van der Waals surface area contributed by atoms with Gasteiger partial charge in [0.15, 0.2) is 0 Å². The molecule has 0 bridgehead atoms. The molecule has 0 atom stereocenters. The first kappa shape index (κ1) is 22.8. The SMILES string of the molecule is Cc1nc(C)c(Cc2ccc(Cl)cc2)c(N2CCCN(C(=O)NC3CCCCC3)CC2)n1. The first-order valence-corrected chi connectivity index (χ1v) is 12.3. The molecule has 1 aromatic carbocycles. The summed E-state index contributed by atoms with van der Waals surface area (Å²) < 4.78 is 0. The molecule has 2 heterocycles. The van der Waals surface area contributed by atoms with Crippen LogP contribution < -0.4 is 10.2 Å². The first-order valence-electron chi connectivity index (χ1n) is 11.9. The van der Waals surface area contributed by atoms with Crippen LogP contribution in [0.1, 0.15) is 61.2 Å². The maximum Gasteiger partial charge on any atom is 0.317 e. The van der Waals surface area contributed by atoms with Gasteiger partial charge < -0.3 is 15.1 Å². The van der Waals surface area contributed by atoms with Crippen LogP contribution in [0, 0.1) is 13.8 Å². The van der Waals surface area contributed by atoms with Crippen LogP contribution in [0.4, 0.5) is 10.6 Å². The Morgan fingerprint density at radius 3 is 2.50 bits per heavy atom. The average molecular weight is 456 g/mol. The van der Waals surface area contributed by atoms with Gasteiger partial charge >= 0.3 is 6.03 Å². The van der Waals surface area contributed by atoms with Gasteiger partial charge in [-0.1, -0.05) is 43.0 Å². The van der Waals surface area contributed by atoms with E-state index >= 15 is 0 Å². The second-order valence-corrected chi connectivity index (χ2v) is 9.51. The summed E-state index contributed by atoms with van der Waals surface area (Å²) in [5.41, 5.74) is 3.35. The van der Waals surface area contributed by atoms with E-state index in [0.29, 0.717) is 12.6 Å². The summed E-state index contributed by atoms with van der Waals surface area (Å²) in [6.45, 7) is 7.17. The normalized spacial score (nSPS) is 17.8. The maximum absolute atomic E-state index is 12.9. The zero-order valence-electron chi connectivity index (χ0n) is 19.2. The Kier molecular flexibility index (Phi) is 7.51. The molecule has 1 saturated carbocycles. The molecule has 4 rings (SSSR count). The van der Waals surface area contributed by atoms with E-state index in [4.69, 9.17) is 16.6 Å². The van der Waals surface area contributed by atoms with Crippen LogP contribution in [0.15, 0.2) is 24.3 Å². The molecule has 172 valence electrons. The van der Waals surface area contributed by atoms with Gasteiger partial charge in [-0.2, -0.15) is 0 Å². The van der Waals surface area contributed by atoms with E-state index in [1.165, 1.54) is 24.8 Å². The molecule has 1 aliphatic heterocycles. The molecule has 0 unspecified atom stereocenters. The zero-order chi connectivity index (χ0) is 22.5. The van der Waals surface area contributed by atoms with E-state index in [1.54, 1.807) is 0 Å². The molecule has 1 saturated heterocycles. The Hall–Kier alpha value is -2.34. The van der Waals surface area contributed by atoms with Crippen molar-refractivity contribution in [2.75, 3.05) is 31.1 Å². The van der Waals surface area contributed by atoms with Crippen LogP contribution in [0.5, 0.6) is 0 Å². The molecule has 0 radical (unpaired) electrons. The lowest BCUT2D eigenvalue weighted by Crippen LogP contribution is -2.46. The highest BCUT2D eigenvalue weighted by molar-refractivity contribution is 6.30. The molecule has 32 heavy (non-hydrogen) atoms. The van der Waals surface area contributed by atoms with Crippen LogP contribution in [0.2, 0.25) is 5.02 Å². The molecule has 1 N–H and O–H groups in total. The Bertz CT molecular complexity index is 927. The van der Waals surface area contributed by atoms with E-state index in [0.717, 1.165) is 73.2 Å². The highest BCUT2D eigenvalue weighted by Crippen LogP contribution is 2.26. The van der Waals surface area contributed by atoms with Crippen LogP contribution in [-0.4, -0.2) is 53.1 Å². The van der Waals surface area contributed by atoms with Gasteiger partial charge in [0.2, 0.25) is 0 Å². The predicted molar refractivity (Wildman–Crippen MR) is 130 cm³/mol. The number of hydrogen-bond donors (Lipinski definition) is 1. The molecule has 1 aromatic heterocycles. The van der Waals surface area contributed by atoms with Crippen molar-refractivity contribution in [3.05, 3.63) is 51.9 Å². The van der Waals surface area contributed by atoms with Gasteiger partial charge in [-0.25, -0.2) is 14.8 Å². The van der Waals surface area contributed by atoms with Gasteiger partial charge in [-0.15, -0.1) is 0 Å². The molecule has 2 amide bonds. The number of carbonyl (C=O) groups excluding carboxylic acids is 1. The fraction of sp³-hybridized carbons (Fsp3) is 0.560. The third-order valence-corrected chi connectivity index (χ3v) is 6.87. The molecule has 2 fully saturated rings. The van der Waals surface area contributed by atoms with E-state index in [2.05, 4.69) is 34.3 Å². The predicted octanol–water partition coefficient (Wildman–Crippen LogP) is 4.89. The minimum atomic E-state index is 0.0928. The summed E-state index contributed by atoms with van der Waals surface area (Å²) in [6, 6.07) is 8.41. The van der Waals surface area contributed by atoms with Gasteiger partial charge in [0.1, 0.15) is 11.6 Å². The molecule has 6 nitrogen and oxygen atoms in total. The van der Waals surface area contributed by atoms with Crippen LogP contribution >= 0.6 is 11.6 Å². The van der Waals surface area contributed by atoms with E-state index < -0.39 is 0 Å². The lowest BCUT2D eigenvalue weighted by Gasteiger charge is -2.28. The second kappa shape index (κ2) is 10.5. The van der Waals surface area contributed by atoms with E-state index in [-0.39, 0.29) is 6.03 Å². The number of urea groups is 1. The molecular formula is C25H34ClN5O. The minimum absolute atomic E-state index is 0.0928. The Balaban J connectivity index is 1.47. The first-order chi connectivity index (χ1) is 15.5. The topological polar surface area (TPSA) is 61.4 Å². The summed E-state index contributed by atoms with van der Waals surface area (Å²) in [5, 5.41) is 4.01. The molecular weight excluding hydrogens is 422 g/mol. The van der Waals surface area contributed by atoms with Crippen molar-refractivity contribution in [3.63, 3.8) is 0 Å². The number of carbonyl (C=O) groups is 1. The third kappa shape index (κ3) is 5.71. The van der Waals surface area contributed by atoms with Gasteiger partial charge in [-0.05, 0) is 50.8 Å². The molecule has 2 aliphatic rings. The number of aromatic nitrogens is 2. The number of amides is 2. The molecule has 0 spiro atoms. The quantitative estimate of drug-likeness (QED) is 0.712. The minimum Gasteiger partial charge on any atom is -0.354 e. The van der Waals surface area contributed by atoms with Gasteiger partial charge in [0.25, 0.3) is 0 Å². The second-order valence-electron chi connectivity index (χ2n) is 9.07. The summed E-state index contributed by atoms with van der Waals surface area (Å²) in [5.74, 6) is 1.79. The van der Waals surface area contributed by atoms with Crippen LogP contribution in [0.25, 0.3) is 0 Å². The lowest BCUT2D eigenvalue weighted by atomic mass is 9.96. The standard InChI is InChI=1S/C25H34ClN5O/c1-18-23(17-20-9-11-21(26)12-10-20)24(28-19(2)27-18)30-13-6-14-31(16-15-30)25(32)29-22-7-4-3-5-8-22/h9-12,22H,3-8,13-17H2,1-2H3,(H,29,32). The third-order valence-electron chi connectivity index (χ3n) is 6.61. The Morgan fingerprint density at radius 1 is 1.00 bits per heavy atom. The van der Waals surface area contributed by atoms with Crippen molar-refractivity contribution in [3.8, 4) is 0 Å². The number of anilines is 1. The number of nitrogens with one attached hydrogen (secondary N) is 1. The number of aryl methyl sites for hydroxylation is 2. The smallest absolute Gasteiger partial charge is 0.317 e. The Labute approximate surface area is 196 Å². The number of nitrogens with zero attached hydrogens (tertiary/aromatic N) is 4. The summed E-state index contributed by atoms with van der Waals surface area (Å²) >= 11 is 6.07. The lowest BCUT2D eigenvalue weighted by molar-refractivity contribution is 0.193. The van der Waals surface area contributed by atoms with Gasteiger partial charge in [-0.3, -0.25) is 0 Å². The summed E-state index contributed by atoms with van der Waals surface area (Å²) in [7, 11) is 0. The van der Waals surface area contributed by atoms with Crippen LogP contribution in [0.3, 0.4) is 0 Å². The summed E-state index contributed by atoms with van der Waals surface area (Å²) in [6.07, 6.45) is 7.66. The average Bonchev–Trinajstić information content (AvgIpc) is 3.04. The number of hydrogen-bond acceptors (Lipinski definition) is 4. The summed E-state index contributed by atoms with van der Waals surface area (Å²) in [4.78, 5) is 26.7. The fourth-order valence-corrected chi connectivity index (χ4v) is 4.96. The van der Waals surface area contributed by atoms with Gasteiger partial charge in [0, 0.05) is 54.9 Å². The highest BCUT2D eigenvalue weighted by Gasteiger charge is 2.25. The van der Waals surface area contributed by atoms with Crippen molar-refractivity contribution in [1.82, 2.24) is 20.2 Å². The highest BCUT2D eigenvalue weighted by atomic mass is 35.5. The molecule has 2 aromatic rings. The van der Waals surface area contributed by atoms with E-state index in [9.17, 15) is 4.79 Å². The van der Waals surface area contributed by atoms with Crippen molar-refractivity contribution in [2.45, 2.75) is 64.8 Å². The molecule has 7 heteroatoms.